The average molecular weight is 196 g/mol. The molecular weight excluding hydrogens is 187 g/mol. The lowest BCUT2D eigenvalue weighted by molar-refractivity contribution is 0.624. The lowest BCUT2D eigenvalue weighted by Gasteiger charge is -1.96. The fourth-order valence-electron chi connectivity index (χ4n) is 1.02. The monoisotopic (exact) mass is 196 g/mol. The number of rotatable bonds is 1. The number of aromatic nitrogens is 4. The predicted molar refractivity (Wildman–Crippen MR) is 46.6 cm³/mol. The molecule has 6 heteroatoms. The second-order valence-electron chi connectivity index (χ2n) is 2.68. The molecule has 2 aromatic rings. The molecule has 0 amide bonds. The van der Waals surface area contributed by atoms with Crippen molar-refractivity contribution in [1.29, 1.82) is 0 Å². The Morgan fingerprint density at radius 2 is 2.29 bits per heavy atom. The molecule has 0 unspecified atom stereocenters. The molecule has 14 heavy (non-hydrogen) atoms. The number of halogens is 1. The van der Waals surface area contributed by atoms with Gasteiger partial charge in [-0.25, -0.2) is 9.18 Å². The maximum absolute atomic E-state index is 13.0. The summed E-state index contributed by atoms with van der Waals surface area (Å²) in [5, 5.41) is 6.99. The summed E-state index contributed by atoms with van der Waals surface area (Å²) < 4.78 is 22.4. The fraction of sp³-hybridized carbons (Fsp3) is 0.125. The number of benzene rings is 1. The maximum atomic E-state index is 13.0. The summed E-state index contributed by atoms with van der Waals surface area (Å²) in [4.78, 5) is 11.4. The van der Waals surface area contributed by atoms with Crippen LogP contribution in [0.1, 0.15) is 1.37 Å². The summed E-state index contributed by atoms with van der Waals surface area (Å²) in [7, 11) is 1.43. The first-order chi connectivity index (χ1) is 7.11. The van der Waals surface area contributed by atoms with Crippen LogP contribution < -0.4 is 5.69 Å². The van der Waals surface area contributed by atoms with Gasteiger partial charge in [0.15, 0.2) is 0 Å². The lowest BCUT2D eigenvalue weighted by atomic mass is 10.3. The highest BCUT2D eigenvalue weighted by molar-refractivity contribution is 5.29. The Morgan fingerprint density at radius 1 is 1.50 bits per heavy atom. The number of tetrazole rings is 1. The van der Waals surface area contributed by atoms with Crippen LogP contribution in [0.5, 0.6) is 0 Å². The van der Waals surface area contributed by atoms with Crippen LogP contribution >= 0.6 is 0 Å². The molecule has 0 N–H and O–H groups in total. The van der Waals surface area contributed by atoms with Crippen LogP contribution in [-0.2, 0) is 7.05 Å². The summed E-state index contributed by atoms with van der Waals surface area (Å²) in [6, 6.07) is 3.61. The second kappa shape index (κ2) is 3.06. The van der Waals surface area contributed by atoms with Gasteiger partial charge in [-0.05, 0) is 28.6 Å². The van der Waals surface area contributed by atoms with E-state index in [4.69, 9.17) is 1.37 Å². The molecule has 0 fully saturated rings. The van der Waals surface area contributed by atoms with Gasteiger partial charge in [0, 0.05) is 7.05 Å². The molecule has 1 aromatic heterocycles. The smallest absolute Gasteiger partial charge is 0.244 e. The molecule has 0 spiro atoms. The third-order valence-electron chi connectivity index (χ3n) is 1.69. The van der Waals surface area contributed by atoms with E-state index in [0.717, 1.165) is 15.4 Å². The Balaban J connectivity index is 2.70. The molecule has 0 aliphatic rings. The minimum Gasteiger partial charge on any atom is -0.244 e. The molecule has 0 bridgehead atoms. The first-order valence-corrected chi connectivity index (χ1v) is 3.86. The second-order valence-corrected chi connectivity index (χ2v) is 2.68. The number of hydrogen-bond acceptors (Lipinski definition) is 3. The normalized spacial score (nSPS) is 11.4. The molecule has 0 saturated carbocycles. The third kappa shape index (κ3) is 1.30. The quantitative estimate of drug-likeness (QED) is 0.650. The van der Waals surface area contributed by atoms with E-state index in [1.54, 1.807) is 0 Å². The summed E-state index contributed by atoms with van der Waals surface area (Å²) in [5.41, 5.74) is -0.442. The van der Waals surface area contributed by atoms with E-state index in [0.29, 0.717) is 0 Å². The molecule has 1 aromatic carbocycles. The summed E-state index contributed by atoms with van der Waals surface area (Å²) in [6.07, 6.45) is 0. The summed E-state index contributed by atoms with van der Waals surface area (Å²) in [6.45, 7) is 0. The standard InChI is InChI=1S/C8H7FN4O/c1-12-8(14)13(11-10-12)7-4-2-3-6(9)5-7/h2-5H,1H3/i5T. The van der Waals surface area contributed by atoms with Gasteiger partial charge in [-0.3, -0.25) is 0 Å². The van der Waals surface area contributed by atoms with Crippen molar-refractivity contribution >= 4 is 0 Å². The molecule has 2 rings (SSSR count). The third-order valence-corrected chi connectivity index (χ3v) is 1.69. The average Bonchev–Trinajstić information content (AvgIpc) is 2.53. The van der Waals surface area contributed by atoms with Crippen molar-refractivity contribution in [2.75, 3.05) is 0 Å². The Bertz CT molecular complexity index is 562. The van der Waals surface area contributed by atoms with Crippen molar-refractivity contribution in [3.63, 3.8) is 0 Å². The van der Waals surface area contributed by atoms with Crippen LogP contribution in [0.4, 0.5) is 4.39 Å². The van der Waals surface area contributed by atoms with E-state index in [1.165, 1.54) is 19.2 Å². The van der Waals surface area contributed by atoms with Crippen molar-refractivity contribution in [3.8, 4) is 5.69 Å². The van der Waals surface area contributed by atoms with E-state index in [1.807, 2.05) is 0 Å². The maximum Gasteiger partial charge on any atom is 0.368 e. The van der Waals surface area contributed by atoms with Crippen molar-refractivity contribution in [2.24, 2.45) is 7.05 Å². The first kappa shape index (κ1) is 7.43. The Labute approximate surface area is 79.8 Å². The van der Waals surface area contributed by atoms with Crippen LogP contribution in [0.3, 0.4) is 0 Å². The number of aryl methyl sites for hydroxylation is 1. The number of hydrogen-bond donors (Lipinski definition) is 0. The zero-order valence-corrected chi connectivity index (χ0v) is 7.31. The zero-order chi connectivity index (χ0) is 11.0. The molecule has 1 heterocycles. The van der Waals surface area contributed by atoms with Crippen LogP contribution in [0.25, 0.3) is 5.69 Å². The van der Waals surface area contributed by atoms with Crippen molar-refractivity contribution in [2.45, 2.75) is 0 Å². The van der Waals surface area contributed by atoms with Crippen LogP contribution in [0.2, 0.25) is 0 Å². The van der Waals surface area contributed by atoms with Gasteiger partial charge < -0.3 is 0 Å². The van der Waals surface area contributed by atoms with Crippen LogP contribution in [0.15, 0.2) is 29.0 Å². The van der Waals surface area contributed by atoms with Crippen molar-refractivity contribution < 1.29 is 5.76 Å². The lowest BCUT2D eigenvalue weighted by Crippen LogP contribution is -2.21. The van der Waals surface area contributed by atoms with Gasteiger partial charge in [-0.15, -0.1) is 0 Å². The van der Waals surface area contributed by atoms with Crippen molar-refractivity contribution in [3.05, 3.63) is 40.5 Å². The van der Waals surface area contributed by atoms with Gasteiger partial charge in [-0.2, -0.15) is 9.36 Å². The molecule has 0 aliphatic carbocycles. The molecule has 72 valence electrons. The zero-order valence-electron chi connectivity index (χ0n) is 8.31. The fourth-order valence-corrected chi connectivity index (χ4v) is 1.02. The molecule has 0 radical (unpaired) electrons. The summed E-state index contributed by atoms with van der Waals surface area (Å²) in [5.74, 6) is -0.704. The highest BCUT2D eigenvalue weighted by Crippen LogP contribution is 2.04. The largest absolute Gasteiger partial charge is 0.368 e. The Kier molecular flexibility index (Phi) is 1.62. The van der Waals surface area contributed by atoms with Gasteiger partial charge in [0.05, 0.1) is 7.06 Å². The van der Waals surface area contributed by atoms with E-state index in [-0.39, 0.29) is 11.7 Å². The molecule has 0 aliphatic heterocycles. The predicted octanol–water partition coefficient (Wildman–Crippen LogP) is 0.105. The summed E-state index contributed by atoms with van der Waals surface area (Å²) >= 11 is 0. The molecular formula is C8H7FN4O. The SMILES string of the molecule is [3H]c1c(F)cccc1-n1nnn(C)c1=O. The molecule has 5 nitrogen and oxygen atoms in total. The van der Waals surface area contributed by atoms with E-state index in [2.05, 4.69) is 10.4 Å². The highest BCUT2D eigenvalue weighted by Gasteiger charge is 2.05. The van der Waals surface area contributed by atoms with Gasteiger partial charge in [-0.1, -0.05) is 6.07 Å². The van der Waals surface area contributed by atoms with Gasteiger partial charge >= 0.3 is 5.69 Å². The molecule has 0 atom stereocenters. The van der Waals surface area contributed by atoms with Gasteiger partial charge in [0.2, 0.25) is 0 Å². The van der Waals surface area contributed by atoms with Crippen molar-refractivity contribution in [1.82, 2.24) is 19.8 Å². The Hall–Kier alpha value is -1.98. The van der Waals surface area contributed by atoms with E-state index >= 15 is 0 Å². The first-order valence-electron chi connectivity index (χ1n) is 4.36. The Morgan fingerprint density at radius 3 is 2.93 bits per heavy atom. The highest BCUT2D eigenvalue weighted by atomic mass is 19.1. The number of nitrogens with zero attached hydrogens (tertiary/aromatic N) is 4. The van der Waals surface area contributed by atoms with Gasteiger partial charge in [0.1, 0.15) is 5.82 Å². The minimum absolute atomic E-state index is 0.0769. The van der Waals surface area contributed by atoms with E-state index in [9.17, 15) is 9.18 Å². The minimum atomic E-state index is -0.704. The van der Waals surface area contributed by atoms with E-state index < -0.39 is 11.5 Å². The topological polar surface area (TPSA) is 52.7 Å². The molecule has 0 saturated heterocycles. The van der Waals surface area contributed by atoms with Crippen LogP contribution in [0, 0.1) is 5.82 Å². The van der Waals surface area contributed by atoms with Crippen LogP contribution in [-0.4, -0.2) is 19.8 Å². The van der Waals surface area contributed by atoms with Gasteiger partial charge in [0.25, 0.3) is 0 Å².